The van der Waals surface area contributed by atoms with Gasteiger partial charge in [0.15, 0.2) is 0 Å². The molecule has 0 nitrogen and oxygen atoms in total. The fourth-order valence-electron chi connectivity index (χ4n) is 2.89. The molecule has 1 heteroatoms. The first kappa shape index (κ1) is 12.9. The van der Waals surface area contributed by atoms with E-state index in [1.54, 1.807) is 11.1 Å². The van der Waals surface area contributed by atoms with Crippen LogP contribution in [-0.2, 0) is 19.3 Å². The van der Waals surface area contributed by atoms with Gasteiger partial charge in [-0.3, -0.25) is 0 Å². The van der Waals surface area contributed by atoms with Gasteiger partial charge in [0.05, 0.1) is 0 Å². The molecular formula is C18H19Br. The largest absolute Gasteiger partial charge is 0.0835 e. The molecule has 1 atom stereocenters. The summed E-state index contributed by atoms with van der Waals surface area (Å²) in [5, 5.41) is 0. The zero-order valence-corrected chi connectivity index (χ0v) is 12.7. The summed E-state index contributed by atoms with van der Waals surface area (Å²) in [5.74, 6) is 0. The van der Waals surface area contributed by atoms with E-state index in [-0.39, 0.29) is 0 Å². The van der Waals surface area contributed by atoms with Crippen LogP contribution in [0.15, 0.2) is 48.5 Å². The predicted octanol–water partition coefficient (Wildman–Crippen LogP) is 5.24. The Labute approximate surface area is 124 Å². The number of hydrogen-bond acceptors (Lipinski definition) is 0. The molecule has 0 heterocycles. The van der Waals surface area contributed by atoms with Gasteiger partial charge in [0.25, 0.3) is 0 Å². The van der Waals surface area contributed by atoms with E-state index >= 15 is 0 Å². The van der Waals surface area contributed by atoms with Crippen molar-refractivity contribution >= 4 is 15.9 Å². The standard InChI is InChI=1S/C18H19Br/c19-18(12-14-6-2-1-3-7-14)17-11-10-15-8-4-5-9-16(15)13-17/h1-3,6-7,10-11,13,18H,4-5,8-9,12H2. The number of fused-ring (bicyclic) bond motifs is 1. The second kappa shape index (κ2) is 5.92. The summed E-state index contributed by atoms with van der Waals surface area (Å²) in [7, 11) is 0. The lowest BCUT2D eigenvalue weighted by Crippen LogP contribution is -2.04. The SMILES string of the molecule is BrC(Cc1ccccc1)c1ccc2c(c1)CCCC2. The van der Waals surface area contributed by atoms with Crippen molar-refractivity contribution in [2.45, 2.75) is 36.9 Å². The topological polar surface area (TPSA) is 0 Å². The molecule has 0 saturated heterocycles. The normalized spacial score (nSPS) is 15.8. The quantitative estimate of drug-likeness (QED) is 0.679. The van der Waals surface area contributed by atoms with Gasteiger partial charge < -0.3 is 0 Å². The Balaban J connectivity index is 1.78. The summed E-state index contributed by atoms with van der Waals surface area (Å²) < 4.78 is 0. The molecule has 19 heavy (non-hydrogen) atoms. The number of halogens is 1. The van der Waals surface area contributed by atoms with Crippen LogP contribution in [0.4, 0.5) is 0 Å². The van der Waals surface area contributed by atoms with Gasteiger partial charge in [-0.2, -0.15) is 0 Å². The fourth-order valence-corrected chi connectivity index (χ4v) is 3.55. The molecule has 0 spiro atoms. The highest BCUT2D eigenvalue weighted by Gasteiger charge is 2.13. The molecule has 0 amide bonds. The maximum atomic E-state index is 3.85. The number of rotatable bonds is 3. The van der Waals surface area contributed by atoms with E-state index in [0.29, 0.717) is 4.83 Å². The molecule has 0 aliphatic heterocycles. The summed E-state index contributed by atoms with van der Waals surface area (Å²) in [6.45, 7) is 0. The average Bonchev–Trinajstić information content (AvgIpc) is 2.48. The number of benzene rings is 2. The van der Waals surface area contributed by atoms with Crippen LogP contribution in [-0.4, -0.2) is 0 Å². The average molecular weight is 315 g/mol. The summed E-state index contributed by atoms with van der Waals surface area (Å²) in [6.07, 6.45) is 6.28. The van der Waals surface area contributed by atoms with Crippen molar-refractivity contribution in [3.63, 3.8) is 0 Å². The zero-order valence-electron chi connectivity index (χ0n) is 11.1. The molecule has 0 N–H and O–H groups in total. The first-order chi connectivity index (χ1) is 9.33. The Kier molecular flexibility index (Phi) is 4.03. The van der Waals surface area contributed by atoms with Crippen LogP contribution >= 0.6 is 15.9 Å². The van der Waals surface area contributed by atoms with Gasteiger partial charge in [-0.05, 0) is 54.4 Å². The van der Waals surface area contributed by atoms with E-state index in [0.717, 1.165) is 6.42 Å². The molecule has 0 aromatic heterocycles. The minimum atomic E-state index is 0.419. The Hall–Kier alpha value is -1.08. The van der Waals surface area contributed by atoms with Crippen molar-refractivity contribution in [2.75, 3.05) is 0 Å². The summed E-state index contributed by atoms with van der Waals surface area (Å²) >= 11 is 3.85. The third-order valence-corrected chi connectivity index (χ3v) is 4.84. The fraction of sp³-hybridized carbons (Fsp3) is 0.333. The van der Waals surface area contributed by atoms with Crippen molar-refractivity contribution in [3.05, 3.63) is 70.8 Å². The van der Waals surface area contributed by atoms with Crippen LogP contribution in [0.2, 0.25) is 0 Å². The van der Waals surface area contributed by atoms with E-state index in [1.807, 2.05) is 0 Å². The number of hydrogen-bond donors (Lipinski definition) is 0. The predicted molar refractivity (Wildman–Crippen MR) is 84.9 cm³/mol. The molecule has 2 aromatic carbocycles. The van der Waals surface area contributed by atoms with Gasteiger partial charge in [-0.1, -0.05) is 64.5 Å². The van der Waals surface area contributed by atoms with Crippen molar-refractivity contribution in [1.82, 2.24) is 0 Å². The summed E-state index contributed by atoms with van der Waals surface area (Å²) in [4.78, 5) is 0.419. The van der Waals surface area contributed by atoms with E-state index < -0.39 is 0 Å². The second-order valence-corrected chi connectivity index (χ2v) is 6.50. The van der Waals surface area contributed by atoms with Crippen LogP contribution in [0.1, 0.15) is 39.9 Å². The first-order valence-electron chi connectivity index (χ1n) is 7.12. The van der Waals surface area contributed by atoms with Gasteiger partial charge in [-0.15, -0.1) is 0 Å². The highest BCUT2D eigenvalue weighted by Crippen LogP contribution is 2.30. The second-order valence-electron chi connectivity index (χ2n) is 5.39. The minimum Gasteiger partial charge on any atom is -0.0835 e. The van der Waals surface area contributed by atoms with Crippen molar-refractivity contribution in [1.29, 1.82) is 0 Å². The van der Waals surface area contributed by atoms with Crippen LogP contribution in [0.25, 0.3) is 0 Å². The van der Waals surface area contributed by atoms with Crippen LogP contribution < -0.4 is 0 Å². The van der Waals surface area contributed by atoms with Crippen molar-refractivity contribution in [3.8, 4) is 0 Å². The molecular weight excluding hydrogens is 296 g/mol. The van der Waals surface area contributed by atoms with E-state index in [1.165, 1.54) is 36.8 Å². The van der Waals surface area contributed by atoms with Gasteiger partial charge in [-0.25, -0.2) is 0 Å². The Morgan fingerprint density at radius 3 is 2.42 bits per heavy atom. The van der Waals surface area contributed by atoms with Gasteiger partial charge >= 0.3 is 0 Å². The van der Waals surface area contributed by atoms with Crippen LogP contribution in [0.3, 0.4) is 0 Å². The maximum Gasteiger partial charge on any atom is 0.0435 e. The Morgan fingerprint density at radius 1 is 0.895 bits per heavy atom. The molecule has 1 aliphatic rings. The minimum absolute atomic E-state index is 0.419. The highest BCUT2D eigenvalue weighted by atomic mass is 79.9. The molecule has 3 rings (SSSR count). The lowest BCUT2D eigenvalue weighted by atomic mass is 9.89. The Morgan fingerprint density at radius 2 is 1.63 bits per heavy atom. The molecule has 2 aromatic rings. The van der Waals surface area contributed by atoms with E-state index in [2.05, 4.69) is 64.5 Å². The molecule has 0 saturated carbocycles. The first-order valence-corrected chi connectivity index (χ1v) is 8.04. The number of alkyl halides is 1. The lowest BCUT2D eigenvalue weighted by molar-refractivity contribution is 0.684. The smallest absolute Gasteiger partial charge is 0.0435 e. The molecule has 98 valence electrons. The van der Waals surface area contributed by atoms with E-state index in [4.69, 9.17) is 0 Å². The van der Waals surface area contributed by atoms with E-state index in [9.17, 15) is 0 Å². The third kappa shape index (κ3) is 3.09. The monoisotopic (exact) mass is 314 g/mol. The van der Waals surface area contributed by atoms with Gasteiger partial charge in [0.1, 0.15) is 0 Å². The van der Waals surface area contributed by atoms with Crippen LogP contribution in [0.5, 0.6) is 0 Å². The molecule has 0 fully saturated rings. The third-order valence-electron chi connectivity index (χ3n) is 3.99. The zero-order chi connectivity index (χ0) is 13.1. The molecule has 1 unspecified atom stereocenters. The maximum absolute atomic E-state index is 3.85. The Bertz CT molecular complexity index is 545. The molecule has 0 radical (unpaired) electrons. The highest BCUT2D eigenvalue weighted by molar-refractivity contribution is 9.09. The summed E-state index contributed by atoms with van der Waals surface area (Å²) in [5.41, 5.74) is 5.95. The lowest BCUT2D eigenvalue weighted by Gasteiger charge is -2.18. The summed E-state index contributed by atoms with van der Waals surface area (Å²) in [6, 6.07) is 17.8. The van der Waals surface area contributed by atoms with Crippen molar-refractivity contribution < 1.29 is 0 Å². The molecule has 0 bridgehead atoms. The molecule has 1 aliphatic carbocycles. The van der Waals surface area contributed by atoms with Crippen molar-refractivity contribution in [2.24, 2.45) is 0 Å². The van der Waals surface area contributed by atoms with Crippen LogP contribution in [0, 0.1) is 0 Å². The van der Waals surface area contributed by atoms with Gasteiger partial charge in [0.2, 0.25) is 0 Å². The number of aryl methyl sites for hydroxylation is 2. The van der Waals surface area contributed by atoms with Gasteiger partial charge in [0, 0.05) is 4.83 Å².